The largest absolute Gasteiger partial charge is 0.393 e. The molecule has 1 nitrogen and oxygen atoms in total. The zero-order valence-corrected chi connectivity index (χ0v) is 6.59. The summed E-state index contributed by atoms with van der Waals surface area (Å²) >= 11 is 0. The highest BCUT2D eigenvalue weighted by Crippen LogP contribution is 2.30. The molecule has 1 fully saturated rings. The molecule has 0 aromatic rings. The van der Waals surface area contributed by atoms with Gasteiger partial charge in [0, 0.05) is 5.92 Å². The molecule has 1 aliphatic rings. The van der Waals surface area contributed by atoms with Crippen LogP contribution in [0.15, 0.2) is 12.7 Å². The van der Waals surface area contributed by atoms with Crippen molar-refractivity contribution in [3.63, 3.8) is 0 Å². The molecule has 3 atom stereocenters. The van der Waals surface area contributed by atoms with Crippen molar-refractivity contribution in [2.45, 2.75) is 32.3 Å². The van der Waals surface area contributed by atoms with Crippen LogP contribution in [0.1, 0.15) is 26.2 Å². The zero-order valence-electron chi connectivity index (χ0n) is 6.59. The summed E-state index contributed by atoms with van der Waals surface area (Å²) in [6, 6.07) is 0. The summed E-state index contributed by atoms with van der Waals surface area (Å²) in [5.41, 5.74) is 0. The predicted octanol–water partition coefficient (Wildman–Crippen LogP) is 1.97. The molecule has 1 rings (SSSR count). The Morgan fingerprint density at radius 2 is 2.20 bits per heavy atom. The highest BCUT2D eigenvalue weighted by molar-refractivity contribution is 4.90. The van der Waals surface area contributed by atoms with Crippen LogP contribution in [0.5, 0.6) is 0 Å². The first-order valence-electron chi connectivity index (χ1n) is 4.06. The van der Waals surface area contributed by atoms with E-state index in [0.717, 1.165) is 6.42 Å². The molecule has 0 unspecified atom stereocenters. The van der Waals surface area contributed by atoms with Crippen LogP contribution in [0.2, 0.25) is 0 Å². The second-order valence-corrected chi connectivity index (χ2v) is 3.29. The smallest absolute Gasteiger partial charge is 0.0605 e. The fourth-order valence-electron chi connectivity index (χ4n) is 1.80. The lowest BCUT2D eigenvalue weighted by molar-refractivity contribution is 0.0637. The predicted molar refractivity (Wildman–Crippen MR) is 42.7 cm³/mol. The number of hydrogen-bond donors (Lipinski definition) is 1. The van der Waals surface area contributed by atoms with E-state index in [0.29, 0.717) is 11.8 Å². The molecule has 0 radical (unpaired) electrons. The summed E-state index contributed by atoms with van der Waals surface area (Å²) in [6.45, 7) is 5.91. The van der Waals surface area contributed by atoms with Gasteiger partial charge in [0.2, 0.25) is 0 Å². The van der Waals surface area contributed by atoms with Crippen molar-refractivity contribution in [1.29, 1.82) is 0 Å². The van der Waals surface area contributed by atoms with E-state index in [1.165, 1.54) is 12.8 Å². The lowest BCUT2D eigenvalue weighted by Crippen LogP contribution is -2.28. The normalized spacial score (nSPS) is 41.2. The lowest BCUT2D eigenvalue weighted by Gasteiger charge is -2.30. The lowest BCUT2D eigenvalue weighted by atomic mass is 9.78. The first-order chi connectivity index (χ1) is 4.75. The molecule has 0 bridgehead atoms. The quantitative estimate of drug-likeness (QED) is 0.552. The minimum atomic E-state index is -0.124. The van der Waals surface area contributed by atoms with Gasteiger partial charge in [0.25, 0.3) is 0 Å². The average Bonchev–Trinajstić information content (AvgIpc) is 1.88. The third-order valence-electron chi connectivity index (χ3n) is 2.53. The average molecular weight is 140 g/mol. The van der Waals surface area contributed by atoms with E-state index in [-0.39, 0.29) is 6.10 Å². The van der Waals surface area contributed by atoms with Gasteiger partial charge in [0.1, 0.15) is 0 Å². The molecule has 1 N–H and O–H groups in total. The van der Waals surface area contributed by atoms with Crippen molar-refractivity contribution in [2.24, 2.45) is 11.8 Å². The van der Waals surface area contributed by atoms with Gasteiger partial charge >= 0.3 is 0 Å². The Kier molecular flexibility index (Phi) is 2.50. The SMILES string of the molecule is C=C[C@@H]1[C@H](C)CCC[C@H]1O. The van der Waals surface area contributed by atoms with Crippen molar-refractivity contribution in [2.75, 3.05) is 0 Å². The van der Waals surface area contributed by atoms with Gasteiger partial charge in [-0.3, -0.25) is 0 Å². The summed E-state index contributed by atoms with van der Waals surface area (Å²) in [5.74, 6) is 0.968. The van der Waals surface area contributed by atoms with Gasteiger partial charge < -0.3 is 5.11 Å². The highest BCUT2D eigenvalue weighted by Gasteiger charge is 2.26. The Hall–Kier alpha value is -0.300. The zero-order chi connectivity index (χ0) is 7.56. The molecule has 1 saturated carbocycles. The van der Waals surface area contributed by atoms with E-state index in [2.05, 4.69) is 13.5 Å². The van der Waals surface area contributed by atoms with Crippen molar-refractivity contribution >= 4 is 0 Å². The molecule has 10 heavy (non-hydrogen) atoms. The van der Waals surface area contributed by atoms with Crippen molar-refractivity contribution < 1.29 is 5.11 Å². The van der Waals surface area contributed by atoms with Crippen LogP contribution < -0.4 is 0 Å². The van der Waals surface area contributed by atoms with Crippen LogP contribution in [-0.2, 0) is 0 Å². The molecule has 1 aliphatic carbocycles. The topological polar surface area (TPSA) is 20.2 Å². The van der Waals surface area contributed by atoms with Crippen molar-refractivity contribution in [3.05, 3.63) is 12.7 Å². The summed E-state index contributed by atoms with van der Waals surface area (Å²) in [7, 11) is 0. The maximum Gasteiger partial charge on any atom is 0.0605 e. The van der Waals surface area contributed by atoms with Crippen molar-refractivity contribution in [1.82, 2.24) is 0 Å². The summed E-state index contributed by atoms with van der Waals surface area (Å²) in [4.78, 5) is 0. The van der Waals surface area contributed by atoms with Gasteiger partial charge in [-0.1, -0.05) is 19.4 Å². The van der Waals surface area contributed by atoms with Crippen LogP contribution in [0.4, 0.5) is 0 Å². The summed E-state index contributed by atoms with van der Waals surface area (Å²) in [5, 5.41) is 9.47. The van der Waals surface area contributed by atoms with Gasteiger partial charge in [-0.2, -0.15) is 0 Å². The Morgan fingerprint density at radius 3 is 2.60 bits per heavy atom. The number of rotatable bonds is 1. The highest BCUT2D eigenvalue weighted by atomic mass is 16.3. The molecule has 1 heteroatoms. The maximum absolute atomic E-state index is 9.47. The first kappa shape index (κ1) is 7.80. The van der Waals surface area contributed by atoms with E-state index < -0.39 is 0 Å². The third-order valence-corrected chi connectivity index (χ3v) is 2.53. The number of aliphatic hydroxyl groups excluding tert-OH is 1. The fourth-order valence-corrected chi connectivity index (χ4v) is 1.80. The van der Waals surface area contributed by atoms with Crippen LogP contribution >= 0.6 is 0 Å². The van der Waals surface area contributed by atoms with Gasteiger partial charge in [0.15, 0.2) is 0 Å². The molecule has 0 heterocycles. The molecular weight excluding hydrogens is 124 g/mol. The third kappa shape index (κ3) is 1.40. The monoisotopic (exact) mass is 140 g/mol. The van der Waals surface area contributed by atoms with Gasteiger partial charge in [0.05, 0.1) is 6.10 Å². The molecule has 0 spiro atoms. The van der Waals surface area contributed by atoms with Gasteiger partial charge in [-0.25, -0.2) is 0 Å². The number of hydrogen-bond acceptors (Lipinski definition) is 1. The summed E-state index contributed by atoms with van der Waals surface area (Å²) in [6.07, 6.45) is 5.15. The second kappa shape index (κ2) is 3.20. The molecule has 0 amide bonds. The van der Waals surface area contributed by atoms with Crippen LogP contribution in [0.25, 0.3) is 0 Å². The van der Waals surface area contributed by atoms with Crippen LogP contribution in [0.3, 0.4) is 0 Å². The molecule has 0 aliphatic heterocycles. The van der Waals surface area contributed by atoms with E-state index >= 15 is 0 Å². The molecule has 0 saturated heterocycles. The first-order valence-corrected chi connectivity index (χ1v) is 4.06. The van der Waals surface area contributed by atoms with Crippen LogP contribution in [0, 0.1) is 11.8 Å². The second-order valence-electron chi connectivity index (χ2n) is 3.29. The van der Waals surface area contributed by atoms with Gasteiger partial charge in [-0.05, 0) is 18.8 Å². The number of aliphatic hydroxyl groups is 1. The molecular formula is C9H16O. The van der Waals surface area contributed by atoms with E-state index in [4.69, 9.17) is 0 Å². The molecule has 0 aromatic heterocycles. The Bertz CT molecular complexity index is 110. The molecule has 0 aromatic carbocycles. The van der Waals surface area contributed by atoms with Crippen molar-refractivity contribution in [3.8, 4) is 0 Å². The Morgan fingerprint density at radius 1 is 1.50 bits per heavy atom. The minimum Gasteiger partial charge on any atom is -0.393 e. The van der Waals surface area contributed by atoms with Gasteiger partial charge in [-0.15, -0.1) is 6.58 Å². The van der Waals surface area contributed by atoms with E-state index in [1.807, 2.05) is 6.08 Å². The standard InChI is InChI=1S/C9H16O/c1-3-8-7(2)5-4-6-9(8)10/h3,7-10H,1,4-6H2,2H3/t7-,8-,9-/m1/s1. The van der Waals surface area contributed by atoms with Crippen LogP contribution in [-0.4, -0.2) is 11.2 Å². The fraction of sp³-hybridized carbons (Fsp3) is 0.778. The Balaban J connectivity index is 2.53. The Labute approximate surface area is 62.8 Å². The molecule has 58 valence electrons. The van der Waals surface area contributed by atoms with E-state index in [1.54, 1.807) is 0 Å². The van der Waals surface area contributed by atoms with E-state index in [9.17, 15) is 5.11 Å². The minimum absolute atomic E-state index is 0.124. The summed E-state index contributed by atoms with van der Waals surface area (Å²) < 4.78 is 0. The maximum atomic E-state index is 9.47.